The molecular weight excluding hydrogens is 448 g/mol. The van der Waals surface area contributed by atoms with E-state index in [2.05, 4.69) is 15.2 Å². The number of benzene rings is 1. The summed E-state index contributed by atoms with van der Waals surface area (Å²) < 4.78 is 18.1. The molecule has 1 atom stereocenters. The van der Waals surface area contributed by atoms with Crippen LogP contribution in [0.3, 0.4) is 0 Å². The highest BCUT2D eigenvalue weighted by atomic mass is 16.6. The van der Waals surface area contributed by atoms with Crippen LogP contribution in [0.25, 0.3) is 22.3 Å². The molecular formula is C26H34N4O5. The van der Waals surface area contributed by atoms with Gasteiger partial charge in [-0.1, -0.05) is 17.3 Å². The van der Waals surface area contributed by atoms with Gasteiger partial charge in [0, 0.05) is 16.9 Å². The van der Waals surface area contributed by atoms with Crippen LogP contribution in [0.4, 0.5) is 0 Å². The van der Waals surface area contributed by atoms with Gasteiger partial charge in [0.25, 0.3) is 0 Å². The Kier molecular flexibility index (Phi) is 7.23. The standard InChI is InChI=1S/C26H34N4O5/c1-6-33-22(31)13-16(2)30-21-14-19(11-12-20(21)15-27-30)23-28-24(35-29-23)17-7-9-18(10-8-17)25(32)34-26(3,4)5/h11-12,14-18H,6-10,13H2,1-5H3. The predicted molar refractivity (Wildman–Crippen MR) is 130 cm³/mol. The second-order valence-corrected chi connectivity index (χ2v) is 10.3. The van der Waals surface area contributed by atoms with E-state index in [1.807, 2.05) is 50.6 Å². The summed E-state index contributed by atoms with van der Waals surface area (Å²) in [6.45, 7) is 9.77. The minimum atomic E-state index is -0.470. The number of hydrogen-bond donors (Lipinski definition) is 0. The van der Waals surface area contributed by atoms with Crippen molar-refractivity contribution in [1.82, 2.24) is 19.9 Å². The Morgan fingerprint density at radius 1 is 1.20 bits per heavy atom. The molecule has 188 valence electrons. The lowest BCUT2D eigenvalue weighted by Gasteiger charge is -2.28. The summed E-state index contributed by atoms with van der Waals surface area (Å²) in [5, 5.41) is 9.66. The van der Waals surface area contributed by atoms with Gasteiger partial charge in [0.05, 0.1) is 36.7 Å². The summed E-state index contributed by atoms with van der Waals surface area (Å²) in [6, 6.07) is 5.73. The second-order valence-electron chi connectivity index (χ2n) is 10.3. The maximum atomic E-state index is 12.4. The lowest BCUT2D eigenvalue weighted by molar-refractivity contribution is -0.161. The fraction of sp³-hybridized carbons (Fsp3) is 0.577. The highest BCUT2D eigenvalue weighted by Crippen LogP contribution is 2.37. The summed E-state index contributed by atoms with van der Waals surface area (Å²) in [5.74, 6) is 0.808. The molecule has 0 N–H and O–H groups in total. The van der Waals surface area contributed by atoms with Gasteiger partial charge in [0.15, 0.2) is 0 Å². The number of aromatic nitrogens is 4. The number of carbonyl (C=O) groups is 2. The van der Waals surface area contributed by atoms with Gasteiger partial charge in [-0.25, -0.2) is 0 Å². The number of nitrogens with zero attached hydrogens (tertiary/aromatic N) is 4. The van der Waals surface area contributed by atoms with Gasteiger partial charge < -0.3 is 14.0 Å². The van der Waals surface area contributed by atoms with Gasteiger partial charge in [0.2, 0.25) is 11.7 Å². The number of esters is 2. The fourth-order valence-corrected chi connectivity index (χ4v) is 4.56. The number of ether oxygens (including phenoxy) is 2. The SMILES string of the molecule is CCOC(=O)CC(C)n1ncc2ccc(-c3noc(C4CCC(C(=O)OC(C)(C)C)CC4)n3)cc21. The molecule has 0 radical (unpaired) electrons. The molecule has 9 nitrogen and oxygen atoms in total. The van der Waals surface area contributed by atoms with Crippen LogP contribution in [0, 0.1) is 5.92 Å². The molecule has 1 saturated carbocycles. The Morgan fingerprint density at radius 2 is 1.94 bits per heavy atom. The molecule has 0 spiro atoms. The van der Waals surface area contributed by atoms with Crippen molar-refractivity contribution < 1.29 is 23.6 Å². The van der Waals surface area contributed by atoms with E-state index >= 15 is 0 Å². The Morgan fingerprint density at radius 3 is 2.63 bits per heavy atom. The molecule has 4 rings (SSSR count). The molecule has 1 aliphatic rings. The minimum Gasteiger partial charge on any atom is -0.466 e. The first-order chi connectivity index (χ1) is 16.6. The van der Waals surface area contributed by atoms with Crippen LogP contribution in [-0.4, -0.2) is 44.1 Å². The van der Waals surface area contributed by atoms with Crippen molar-refractivity contribution in [3.05, 3.63) is 30.3 Å². The van der Waals surface area contributed by atoms with E-state index in [-0.39, 0.29) is 36.2 Å². The van der Waals surface area contributed by atoms with E-state index < -0.39 is 5.60 Å². The first-order valence-corrected chi connectivity index (χ1v) is 12.3. The summed E-state index contributed by atoms with van der Waals surface area (Å²) >= 11 is 0. The minimum absolute atomic E-state index is 0.0767. The molecule has 35 heavy (non-hydrogen) atoms. The molecule has 1 aliphatic carbocycles. The monoisotopic (exact) mass is 482 g/mol. The zero-order chi connectivity index (χ0) is 25.2. The van der Waals surface area contributed by atoms with Gasteiger partial charge in [-0.2, -0.15) is 10.1 Å². The number of fused-ring (bicyclic) bond motifs is 1. The number of rotatable bonds is 7. The molecule has 0 saturated heterocycles. The van der Waals surface area contributed by atoms with Gasteiger partial charge in [-0.3, -0.25) is 14.3 Å². The second kappa shape index (κ2) is 10.2. The van der Waals surface area contributed by atoms with E-state index in [0.29, 0.717) is 18.3 Å². The van der Waals surface area contributed by atoms with E-state index in [9.17, 15) is 9.59 Å². The first kappa shape index (κ1) is 24.9. The molecule has 1 unspecified atom stereocenters. The van der Waals surface area contributed by atoms with Crippen molar-refractivity contribution in [3.63, 3.8) is 0 Å². The Labute approximate surface area is 205 Å². The maximum Gasteiger partial charge on any atom is 0.309 e. The van der Waals surface area contributed by atoms with Crippen molar-refractivity contribution in [2.45, 2.75) is 84.3 Å². The average molecular weight is 483 g/mol. The molecule has 1 aromatic carbocycles. The van der Waals surface area contributed by atoms with Crippen LogP contribution < -0.4 is 0 Å². The lowest BCUT2D eigenvalue weighted by atomic mass is 9.82. The highest BCUT2D eigenvalue weighted by molar-refractivity contribution is 5.83. The zero-order valence-electron chi connectivity index (χ0n) is 21.1. The Balaban J connectivity index is 1.45. The van der Waals surface area contributed by atoms with E-state index in [1.165, 1.54) is 0 Å². The number of carbonyl (C=O) groups excluding carboxylic acids is 2. The van der Waals surface area contributed by atoms with Crippen LogP contribution in [0.5, 0.6) is 0 Å². The lowest BCUT2D eigenvalue weighted by Crippen LogP contribution is -2.30. The summed E-state index contributed by atoms with van der Waals surface area (Å²) in [7, 11) is 0. The third-order valence-electron chi connectivity index (χ3n) is 6.30. The maximum absolute atomic E-state index is 12.4. The molecule has 3 aromatic rings. The molecule has 2 aromatic heterocycles. The van der Waals surface area contributed by atoms with Crippen LogP contribution >= 0.6 is 0 Å². The largest absolute Gasteiger partial charge is 0.466 e. The third-order valence-corrected chi connectivity index (χ3v) is 6.30. The summed E-state index contributed by atoms with van der Waals surface area (Å²) in [6.07, 6.45) is 5.14. The van der Waals surface area contributed by atoms with Crippen LogP contribution in [0.2, 0.25) is 0 Å². The Bertz CT molecular complexity index is 1180. The van der Waals surface area contributed by atoms with Gasteiger partial charge in [0.1, 0.15) is 5.60 Å². The molecule has 0 aliphatic heterocycles. The molecule has 9 heteroatoms. The van der Waals surface area contributed by atoms with E-state index in [0.717, 1.165) is 42.1 Å². The normalized spacial score (nSPS) is 19.5. The van der Waals surface area contributed by atoms with Gasteiger partial charge in [-0.05, 0) is 66.4 Å². The third kappa shape index (κ3) is 5.89. The summed E-state index contributed by atoms with van der Waals surface area (Å²) in [4.78, 5) is 29.0. The molecule has 2 heterocycles. The summed E-state index contributed by atoms with van der Waals surface area (Å²) in [5.41, 5.74) is 1.24. The van der Waals surface area contributed by atoms with Crippen molar-refractivity contribution in [1.29, 1.82) is 0 Å². The van der Waals surface area contributed by atoms with Gasteiger partial charge in [-0.15, -0.1) is 0 Å². The quantitative estimate of drug-likeness (QED) is 0.422. The van der Waals surface area contributed by atoms with Crippen molar-refractivity contribution >= 4 is 22.8 Å². The predicted octanol–water partition coefficient (Wildman–Crippen LogP) is 5.22. The Hall–Kier alpha value is -3.23. The van der Waals surface area contributed by atoms with Crippen LogP contribution in [0.15, 0.2) is 28.9 Å². The topological polar surface area (TPSA) is 109 Å². The highest BCUT2D eigenvalue weighted by Gasteiger charge is 2.32. The molecule has 0 bridgehead atoms. The van der Waals surface area contributed by atoms with Gasteiger partial charge >= 0.3 is 11.9 Å². The zero-order valence-corrected chi connectivity index (χ0v) is 21.1. The first-order valence-electron chi connectivity index (χ1n) is 12.3. The number of hydrogen-bond acceptors (Lipinski definition) is 8. The van der Waals surface area contributed by atoms with E-state index in [4.69, 9.17) is 14.0 Å². The smallest absolute Gasteiger partial charge is 0.309 e. The van der Waals surface area contributed by atoms with Crippen molar-refractivity contribution in [2.24, 2.45) is 5.92 Å². The molecule has 0 amide bonds. The van der Waals surface area contributed by atoms with Crippen molar-refractivity contribution in [3.8, 4) is 11.4 Å². The fourth-order valence-electron chi connectivity index (χ4n) is 4.56. The van der Waals surface area contributed by atoms with Crippen molar-refractivity contribution in [2.75, 3.05) is 6.61 Å². The average Bonchev–Trinajstić information content (AvgIpc) is 3.45. The van der Waals surface area contributed by atoms with Crippen LogP contribution in [0.1, 0.15) is 84.6 Å². The molecule has 1 fully saturated rings. The van der Waals surface area contributed by atoms with Crippen LogP contribution in [-0.2, 0) is 19.1 Å². The van der Waals surface area contributed by atoms with E-state index in [1.54, 1.807) is 13.1 Å².